The number of aliphatic hydroxyl groups excluding tert-OH is 1. The minimum atomic E-state index is -1.06. The summed E-state index contributed by atoms with van der Waals surface area (Å²) in [5.74, 6) is -2.80. The van der Waals surface area contributed by atoms with Crippen LogP contribution in [0, 0.1) is 24.0 Å². The van der Waals surface area contributed by atoms with Gasteiger partial charge in [-0.15, -0.1) is 0 Å². The molecule has 2 fully saturated rings. The molecule has 1 atom stereocenters. The number of likely N-dealkylation sites (tertiary alicyclic amines) is 1. The number of carbonyl (C=O) groups excluding carboxylic acids is 3. The fourth-order valence-corrected chi connectivity index (χ4v) is 4.99. The quantitative estimate of drug-likeness (QED) is 0.132. The highest BCUT2D eigenvalue weighted by molar-refractivity contribution is 6.46. The fraction of sp³-hybridized carbons (Fsp3) is 0.423. The lowest BCUT2D eigenvalue weighted by atomic mass is 9.93. The van der Waals surface area contributed by atoms with Crippen molar-refractivity contribution in [3.8, 4) is 0 Å². The third-order valence-corrected chi connectivity index (χ3v) is 6.85. The molecule has 2 aliphatic heterocycles. The van der Waals surface area contributed by atoms with Crippen LogP contribution >= 0.6 is 0 Å². The molecular formula is C26H30N4O8. The van der Waals surface area contributed by atoms with E-state index < -0.39 is 34.4 Å². The van der Waals surface area contributed by atoms with Gasteiger partial charge in [-0.1, -0.05) is 12.1 Å². The van der Waals surface area contributed by atoms with Crippen LogP contribution in [0.15, 0.2) is 29.8 Å². The third-order valence-electron chi connectivity index (χ3n) is 6.85. The van der Waals surface area contributed by atoms with E-state index in [4.69, 9.17) is 9.47 Å². The summed E-state index contributed by atoms with van der Waals surface area (Å²) in [5, 5.41) is 23.0. The number of hydrogen-bond acceptors (Lipinski definition) is 9. The number of carbonyl (C=O) groups is 3. The van der Waals surface area contributed by atoms with E-state index in [0.717, 1.165) is 0 Å². The Morgan fingerprint density at radius 2 is 1.95 bits per heavy atom. The highest BCUT2D eigenvalue weighted by Crippen LogP contribution is 2.41. The van der Waals surface area contributed by atoms with E-state index in [1.165, 1.54) is 23.1 Å². The number of nitrogens with zero attached hydrogens (tertiary/aromatic N) is 3. The van der Waals surface area contributed by atoms with Crippen LogP contribution in [0.2, 0.25) is 0 Å². The first-order valence-corrected chi connectivity index (χ1v) is 12.3. The van der Waals surface area contributed by atoms with Crippen LogP contribution in [0.4, 0.5) is 5.69 Å². The number of hydrogen-bond donors (Lipinski definition) is 2. The maximum absolute atomic E-state index is 13.4. The maximum Gasteiger partial charge on any atom is 0.355 e. The zero-order valence-corrected chi connectivity index (χ0v) is 21.5. The molecule has 0 aliphatic carbocycles. The van der Waals surface area contributed by atoms with Crippen molar-refractivity contribution in [2.75, 3.05) is 46.0 Å². The Kier molecular flexibility index (Phi) is 7.93. The standard InChI is InChI=1S/C26H30N4O8/c1-4-38-26(34)21-15(2)19(16(3)27-21)23(31)20-22(17-6-5-7-18(14-17)30(35)36)29(25(33)24(20)32)9-8-28-10-12-37-13-11-28/h5-7,14,22,27,31H,4,8-13H2,1-3H3/b23-20+. The highest BCUT2D eigenvalue weighted by Gasteiger charge is 2.47. The molecule has 2 saturated heterocycles. The number of ether oxygens (including phenoxy) is 2. The number of amides is 1. The van der Waals surface area contributed by atoms with Gasteiger partial charge in [0, 0.05) is 49.6 Å². The number of ketones is 1. The Morgan fingerprint density at radius 1 is 1.24 bits per heavy atom. The molecule has 12 heteroatoms. The summed E-state index contributed by atoms with van der Waals surface area (Å²) >= 11 is 0. The Balaban J connectivity index is 1.82. The first-order chi connectivity index (χ1) is 18.1. The smallest absolute Gasteiger partial charge is 0.355 e. The number of benzene rings is 1. The van der Waals surface area contributed by atoms with Crippen LogP contribution < -0.4 is 0 Å². The summed E-state index contributed by atoms with van der Waals surface area (Å²) in [6.07, 6.45) is 0. The largest absolute Gasteiger partial charge is 0.507 e. The first kappa shape index (κ1) is 27.0. The number of nitrogens with one attached hydrogen (secondary N) is 1. The van der Waals surface area contributed by atoms with Crippen LogP contribution in [0.5, 0.6) is 0 Å². The number of nitro benzene ring substituents is 1. The molecule has 1 amide bonds. The fourth-order valence-electron chi connectivity index (χ4n) is 4.99. The van der Waals surface area contributed by atoms with Gasteiger partial charge in [0.2, 0.25) is 0 Å². The van der Waals surface area contributed by atoms with E-state index in [-0.39, 0.29) is 35.7 Å². The molecule has 1 unspecified atom stereocenters. The molecule has 2 aliphatic rings. The topological polar surface area (TPSA) is 155 Å². The summed E-state index contributed by atoms with van der Waals surface area (Å²) in [6, 6.07) is 4.61. The van der Waals surface area contributed by atoms with Gasteiger partial charge in [-0.3, -0.25) is 24.6 Å². The third kappa shape index (κ3) is 5.04. The van der Waals surface area contributed by atoms with Crippen molar-refractivity contribution in [2.24, 2.45) is 0 Å². The van der Waals surface area contributed by atoms with Gasteiger partial charge in [0.05, 0.1) is 36.4 Å². The summed E-state index contributed by atoms with van der Waals surface area (Å²) in [5.41, 5.74) is 1.00. The Bertz CT molecular complexity index is 1310. The second-order valence-corrected chi connectivity index (χ2v) is 9.14. The van der Waals surface area contributed by atoms with Gasteiger partial charge < -0.3 is 24.5 Å². The molecule has 4 rings (SSSR count). The minimum absolute atomic E-state index is 0.124. The number of aromatic amines is 1. The number of rotatable bonds is 8. The summed E-state index contributed by atoms with van der Waals surface area (Å²) < 4.78 is 10.5. The number of morpholine rings is 1. The van der Waals surface area contributed by atoms with E-state index in [0.29, 0.717) is 49.7 Å². The van der Waals surface area contributed by atoms with E-state index in [2.05, 4.69) is 9.88 Å². The first-order valence-electron chi connectivity index (χ1n) is 12.3. The molecule has 0 radical (unpaired) electrons. The van der Waals surface area contributed by atoms with Gasteiger partial charge in [0.25, 0.3) is 17.4 Å². The van der Waals surface area contributed by atoms with E-state index >= 15 is 0 Å². The molecule has 0 saturated carbocycles. The van der Waals surface area contributed by atoms with Crippen LogP contribution in [-0.4, -0.2) is 88.5 Å². The number of Topliss-reactive ketones (excluding diaryl/α,β-unsaturated/α-hetero) is 1. The van der Waals surface area contributed by atoms with Crippen molar-refractivity contribution >= 4 is 29.1 Å². The lowest BCUT2D eigenvalue weighted by Crippen LogP contribution is -2.42. The van der Waals surface area contributed by atoms with Crippen molar-refractivity contribution < 1.29 is 33.9 Å². The van der Waals surface area contributed by atoms with E-state index in [9.17, 15) is 29.6 Å². The van der Waals surface area contributed by atoms with Crippen molar-refractivity contribution in [1.82, 2.24) is 14.8 Å². The lowest BCUT2D eigenvalue weighted by Gasteiger charge is -2.31. The molecule has 38 heavy (non-hydrogen) atoms. The molecule has 202 valence electrons. The summed E-state index contributed by atoms with van der Waals surface area (Å²) in [6.45, 7) is 8.12. The number of esters is 1. The van der Waals surface area contributed by atoms with Crippen LogP contribution in [0.3, 0.4) is 0 Å². The van der Waals surface area contributed by atoms with Crippen LogP contribution in [0.1, 0.15) is 45.8 Å². The number of aryl methyl sites for hydroxylation is 1. The Labute approximate surface area is 219 Å². The van der Waals surface area contributed by atoms with Crippen molar-refractivity contribution in [3.05, 3.63) is 68.0 Å². The molecule has 1 aromatic heterocycles. The predicted molar refractivity (Wildman–Crippen MR) is 136 cm³/mol. The second-order valence-electron chi connectivity index (χ2n) is 9.14. The predicted octanol–water partition coefficient (Wildman–Crippen LogP) is 2.47. The maximum atomic E-state index is 13.4. The molecule has 3 heterocycles. The number of aromatic nitrogens is 1. The van der Waals surface area contributed by atoms with Crippen molar-refractivity contribution in [1.29, 1.82) is 0 Å². The molecule has 12 nitrogen and oxygen atoms in total. The SMILES string of the molecule is CCOC(=O)c1[nH]c(C)c(/C(O)=C2\C(=O)C(=O)N(CCN3CCOCC3)C2c2cccc([N+](=O)[O-])c2)c1C. The highest BCUT2D eigenvalue weighted by atomic mass is 16.6. The van der Waals surface area contributed by atoms with Gasteiger partial charge in [-0.05, 0) is 31.9 Å². The van der Waals surface area contributed by atoms with Crippen LogP contribution in [-0.2, 0) is 19.1 Å². The average molecular weight is 527 g/mol. The number of aliphatic hydroxyl groups is 1. The van der Waals surface area contributed by atoms with Crippen molar-refractivity contribution in [3.63, 3.8) is 0 Å². The molecule has 0 spiro atoms. The summed E-state index contributed by atoms with van der Waals surface area (Å²) in [7, 11) is 0. The Hall–Kier alpha value is -4.03. The molecule has 0 bridgehead atoms. The van der Waals surface area contributed by atoms with Gasteiger partial charge in [0.15, 0.2) is 0 Å². The van der Waals surface area contributed by atoms with Crippen molar-refractivity contribution in [2.45, 2.75) is 26.8 Å². The molecule has 2 N–H and O–H groups in total. The normalized spacial score (nSPS) is 19.7. The zero-order valence-electron chi connectivity index (χ0n) is 21.5. The van der Waals surface area contributed by atoms with Gasteiger partial charge >= 0.3 is 5.97 Å². The molecule has 2 aromatic rings. The number of non-ortho nitro benzene ring substituents is 1. The lowest BCUT2D eigenvalue weighted by molar-refractivity contribution is -0.384. The number of H-pyrrole nitrogens is 1. The van der Waals surface area contributed by atoms with Gasteiger partial charge in [0.1, 0.15) is 11.5 Å². The van der Waals surface area contributed by atoms with Crippen LogP contribution in [0.25, 0.3) is 5.76 Å². The monoisotopic (exact) mass is 526 g/mol. The molecular weight excluding hydrogens is 496 g/mol. The molecule has 1 aromatic carbocycles. The van der Waals surface area contributed by atoms with Gasteiger partial charge in [-0.2, -0.15) is 0 Å². The van der Waals surface area contributed by atoms with Gasteiger partial charge in [-0.25, -0.2) is 4.79 Å². The number of nitro groups is 1. The Morgan fingerprint density at radius 3 is 2.61 bits per heavy atom. The average Bonchev–Trinajstić information content (AvgIpc) is 3.34. The minimum Gasteiger partial charge on any atom is -0.507 e. The zero-order chi connectivity index (χ0) is 27.6. The second kappa shape index (κ2) is 11.2. The van der Waals surface area contributed by atoms with E-state index in [1.807, 2.05) is 0 Å². The summed E-state index contributed by atoms with van der Waals surface area (Å²) in [4.78, 5) is 56.3. The van der Waals surface area contributed by atoms with E-state index in [1.54, 1.807) is 26.8 Å².